The van der Waals surface area contributed by atoms with Gasteiger partial charge in [-0.2, -0.15) is 0 Å². The number of nitrogens with zero attached hydrogens (tertiary/aromatic N) is 1. The van der Waals surface area contributed by atoms with Crippen LogP contribution in [0.2, 0.25) is 23.2 Å². The summed E-state index contributed by atoms with van der Waals surface area (Å²) in [5.74, 6) is 1.45. The number of allylic oxidation sites excluding steroid dienone is 1. The summed E-state index contributed by atoms with van der Waals surface area (Å²) in [4.78, 5) is 39.9. The van der Waals surface area contributed by atoms with Gasteiger partial charge in [-0.3, -0.25) is 4.79 Å². The van der Waals surface area contributed by atoms with Gasteiger partial charge in [0, 0.05) is 23.1 Å². The fourth-order valence-electron chi connectivity index (χ4n) is 10.3. The highest BCUT2D eigenvalue weighted by Crippen LogP contribution is 2.58. The number of carboxylic acids is 1. The summed E-state index contributed by atoms with van der Waals surface area (Å²) in [6.07, 6.45) is 8.82. The number of benzene rings is 2. The number of methoxy groups -OCH3 is 2. The van der Waals surface area contributed by atoms with Crippen molar-refractivity contribution in [1.82, 2.24) is 4.90 Å². The topological polar surface area (TPSA) is 112 Å². The molecule has 0 aromatic heterocycles. The summed E-state index contributed by atoms with van der Waals surface area (Å²) in [7, 11) is 0.883. The van der Waals surface area contributed by atoms with Gasteiger partial charge in [0.15, 0.2) is 8.32 Å². The van der Waals surface area contributed by atoms with Crippen molar-refractivity contribution in [3.05, 3.63) is 81.0 Å². The molecule has 9 nitrogen and oxygen atoms in total. The van der Waals surface area contributed by atoms with Gasteiger partial charge in [-0.25, -0.2) is 9.59 Å². The highest BCUT2D eigenvalue weighted by Gasteiger charge is 2.61. The van der Waals surface area contributed by atoms with Gasteiger partial charge in [0.1, 0.15) is 23.8 Å². The molecular weight excluding hydrogens is 746 g/mol. The van der Waals surface area contributed by atoms with Crippen LogP contribution in [0.5, 0.6) is 5.75 Å². The number of halogens is 1. The minimum atomic E-state index is -2.16. The molecule has 1 amide bonds. The van der Waals surface area contributed by atoms with Crippen LogP contribution in [0.25, 0.3) is 17.4 Å². The van der Waals surface area contributed by atoms with Crippen molar-refractivity contribution >= 4 is 55.2 Å². The Morgan fingerprint density at radius 2 is 1.61 bits per heavy atom. The zero-order chi connectivity index (χ0) is 40.4. The second kappa shape index (κ2) is 15.1. The molecule has 1 saturated heterocycles. The Balaban J connectivity index is 1.14. The predicted molar refractivity (Wildman–Crippen MR) is 220 cm³/mol. The molecule has 300 valence electrons. The Morgan fingerprint density at radius 1 is 0.982 bits per heavy atom. The summed E-state index contributed by atoms with van der Waals surface area (Å²) in [6.45, 7) is 15.0. The normalized spacial score (nSPS) is 27.4. The second-order valence-corrected chi connectivity index (χ2v) is 23.3. The lowest BCUT2D eigenvalue weighted by Gasteiger charge is -2.51. The minimum absolute atomic E-state index is 0.0235. The van der Waals surface area contributed by atoms with E-state index in [-0.39, 0.29) is 41.3 Å². The van der Waals surface area contributed by atoms with Crippen LogP contribution < -0.4 is 4.74 Å². The van der Waals surface area contributed by atoms with Crippen LogP contribution >= 0.6 is 11.6 Å². The molecular formula is C45H56ClNO8Si. The third-order valence-electron chi connectivity index (χ3n) is 13.8. The summed E-state index contributed by atoms with van der Waals surface area (Å²) in [5, 5.41) is 10.8. The Bertz CT molecular complexity index is 1980. The van der Waals surface area contributed by atoms with Crippen LogP contribution in [0.3, 0.4) is 0 Å². The van der Waals surface area contributed by atoms with E-state index in [2.05, 4.69) is 33.9 Å². The zero-order valence-electron chi connectivity index (χ0n) is 34.1. The van der Waals surface area contributed by atoms with Crippen LogP contribution in [0.1, 0.15) is 89.0 Å². The quantitative estimate of drug-likeness (QED) is 0.0743. The first-order valence-corrected chi connectivity index (χ1v) is 23.3. The molecule has 2 heterocycles. The summed E-state index contributed by atoms with van der Waals surface area (Å²) in [5.41, 5.74) is 5.04. The number of hydrogen-bond donors (Lipinski definition) is 1. The molecule has 5 fully saturated rings. The number of β-lactam (4-membered cyclic amide) rings is 1. The van der Waals surface area contributed by atoms with Gasteiger partial charge < -0.3 is 28.6 Å². The average Bonchev–Trinajstić information content (AvgIpc) is 3.39. The molecule has 0 unspecified atom stereocenters. The number of esters is 1. The molecule has 6 aliphatic rings. The number of carbonyl (C=O) groups is 3. The van der Waals surface area contributed by atoms with Crippen molar-refractivity contribution in [1.29, 1.82) is 0 Å². The smallest absolute Gasteiger partial charge is 0.352 e. The number of carbonyl (C=O) groups excluding carboxylic acids is 2. The molecule has 4 aliphatic carbocycles. The van der Waals surface area contributed by atoms with E-state index >= 15 is 0 Å². The van der Waals surface area contributed by atoms with Crippen LogP contribution in [0.4, 0.5) is 0 Å². The number of ether oxygens (including phenoxy) is 3. The first-order chi connectivity index (χ1) is 26.4. The first kappa shape index (κ1) is 40.3. The van der Waals surface area contributed by atoms with Gasteiger partial charge in [0.25, 0.3) is 0 Å². The number of aliphatic carboxylic acids is 1. The van der Waals surface area contributed by atoms with Crippen LogP contribution in [-0.2, 0) is 34.9 Å². The van der Waals surface area contributed by atoms with E-state index < -0.39 is 26.2 Å². The molecule has 1 N–H and O–H groups in total. The van der Waals surface area contributed by atoms with Gasteiger partial charge >= 0.3 is 11.9 Å². The van der Waals surface area contributed by atoms with Crippen molar-refractivity contribution < 1.29 is 38.1 Å². The van der Waals surface area contributed by atoms with Crippen molar-refractivity contribution in [3.63, 3.8) is 0 Å². The SMILES string of the molecule is COC(=O)/C=C/c1ccc(C(OC)=C2C3CC4CC(C3)CC2C4)c(Cl)c1OCc1ccc(C2=C(C(=O)O)N3C(=O)[C@H]([C@@H](C)O[Si](C)(C)C(C)(C)C)[C@H]3[C@H]2C)cc1. The van der Waals surface area contributed by atoms with Crippen molar-refractivity contribution in [2.45, 2.75) is 104 Å². The molecule has 4 atom stereocenters. The number of fused-ring (bicyclic) bond motifs is 1. The molecule has 56 heavy (non-hydrogen) atoms. The van der Waals surface area contributed by atoms with E-state index in [0.29, 0.717) is 33.7 Å². The minimum Gasteiger partial charge on any atom is -0.496 e. The van der Waals surface area contributed by atoms with Crippen molar-refractivity contribution in [3.8, 4) is 5.75 Å². The van der Waals surface area contributed by atoms with Gasteiger partial charge in [-0.05, 0) is 115 Å². The largest absolute Gasteiger partial charge is 0.496 e. The first-order valence-electron chi connectivity index (χ1n) is 20.0. The standard InChI is InChI=1S/C45H56ClNO8Si/c1-24-35(40(44(50)51)47-39(24)36(43(47)49)25(2)55-56(8,9)45(3,4)5)29-12-10-26(11-13-29)23-54-41-30(15-17-34(48)52-6)14-16-33(38(41)46)42(53-7)37-31-19-27-18-28(21-31)22-32(37)20-27/h10-17,24-25,27-28,31-32,36,39H,18-23H2,1-9H3,(H,50,51)/b17-15+,42-37?/t24-,25+,27?,28?,31?,32?,36+,39+/m0/s1. The van der Waals surface area contributed by atoms with E-state index in [1.165, 1.54) is 55.8 Å². The molecule has 0 radical (unpaired) electrons. The van der Waals surface area contributed by atoms with Gasteiger partial charge in [0.05, 0.1) is 37.3 Å². The number of carboxylic acid groups (broad SMARTS) is 1. The molecule has 8 rings (SSSR count). The third-order valence-corrected chi connectivity index (χ3v) is 18.7. The summed E-state index contributed by atoms with van der Waals surface area (Å²) < 4.78 is 24.1. The summed E-state index contributed by atoms with van der Waals surface area (Å²) >= 11 is 7.24. The van der Waals surface area contributed by atoms with E-state index in [1.807, 2.05) is 50.2 Å². The van der Waals surface area contributed by atoms with E-state index in [4.69, 9.17) is 30.2 Å². The van der Waals surface area contributed by atoms with E-state index in [1.54, 1.807) is 13.2 Å². The number of rotatable bonds is 12. The van der Waals surface area contributed by atoms with Crippen LogP contribution in [-0.4, -0.2) is 62.5 Å². The van der Waals surface area contributed by atoms with Crippen LogP contribution in [0.15, 0.2) is 53.7 Å². The molecule has 11 heteroatoms. The van der Waals surface area contributed by atoms with E-state index in [9.17, 15) is 19.5 Å². The maximum atomic E-state index is 13.6. The lowest BCUT2D eigenvalue weighted by atomic mass is 9.54. The zero-order valence-corrected chi connectivity index (χ0v) is 35.9. The maximum Gasteiger partial charge on any atom is 0.352 e. The number of amides is 1. The van der Waals surface area contributed by atoms with Crippen LogP contribution in [0, 0.1) is 35.5 Å². The predicted octanol–water partition coefficient (Wildman–Crippen LogP) is 9.60. The lowest BCUT2D eigenvalue weighted by Crippen LogP contribution is -2.65. The van der Waals surface area contributed by atoms with Gasteiger partial charge in [-0.1, -0.05) is 69.6 Å². The summed E-state index contributed by atoms with van der Waals surface area (Å²) in [6, 6.07) is 11.2. The highest BCUT2D eigenvalue weighted by molar-refractivity contribution is 6.74. The highest BCUT2D eigenvalue weighted by atomic mass is 35.5. The van der Waals surface area contributed by atoms with Crippen molar-refractivity contribution in [2.24, 2.45) is 35.5 Å². The number of hydrogen-bond acceptors (Lipinski definition) is 7. The fourth-order valence-corrected chi connectivity index (χ4v) is 12.0. The molecule has 4 saturated carbocycles. The molecule has 2 aromatic rings. The fraction of sp³-hybridized carbons (Fsp3) is 0.533. The maximum absolute atomic E-state index is 13.6. The Labute approximate surface area is 337 Å². The Kier molecular flexibility index (Phi) is 10.9. The molecule has 2 aromatic carbocycles. The van der Waals surface area contributed by atoms with E-state index in [0.717, 1.165) is 34.3 Å². The van der Waals surface area contributed by atoms with Gasteiger partial charge in [0.2, 0.25) is 5.91 Å². The molecule has 0 spiro atoms. The lowest BCUT2D eigenvalue weighted by molar-refractivity contribution is -0.162. The van der Waals surface area contributed by atoms with Crippen molar-refractivity contribution in [2.75, 3.05) is 14.2 Å². The molecule has 4 bridgehead atoms. The average molecular weight is 802 g/mol. The molecule has 2 aliphatic heterocycles. The monoisotopic (exact) mass is 801 g/mol. The Hall–Kier alpha value is -3.86. The second-order valence-electron chi connectivity index (χ2n) is 18.1. The van der Waals surface area contributed by atoms with Gasteiger partial charge in [-0.15, -0.1) is 0 Å². The third kappa shape index (κ3) is 7.04. The Morgan fingerprint density at radius 3 is 2.16 bits per heavy atom.